The number of phenolic OH excluding ortho intramolecular Hbond substituents is 2. The number of carboxylic acid groups (broad SMARTS) is 1. The topological polar surface area (TPSA) is 603 Å². The second-order valence-corrected chi connectivity index (χ2v) is 26.8. The fourth-order valence-corrected chi connectivity index (χ4v) is 12.9. The summed E-state index contributed by atoms with van der Waals surface area (Å²) in [6.45, 7) is -2.90. The highest BCUT2D eigenvalue weighted by Crippen LogP contribution is 2.25. The minimum Gasteiger partial charge on any atom is -0.508 e. The first-order valence-corrected chi connectivity index (χ1v) is 35.1. The van der Waals surface area contributed by atoms with Gasteiger partial charge in [-0.05, 0) is 140 Å². The van der Waals surface area contributed by atoms with Crippen LogP contribution in [0.2, 0.25) is 0 Å². The molecule has 39 heteroatoms. The number of nitrogens with two attached hydrogens (primary N) is 3. The first-order chi connectivity index (χ1) is 50.3. The number of aliphatic carboxylic acids is 1. The Balaban J connectivity index is 1.14. The number of carbonyl (C=O) groups excluding carboxylic acids is 13. The third-order valence-corrected chi connectivity index (χ3v) is 18.9. The molecule has 2 aromatic carbocycles. The Labute approximate surface area is 610 Å². The molecule has 6 rings (SSSR count). The van der Waals surface area contributed by atoms with Crippen LogP contribution in [0.15, 0.2) is 48.5 Å². The summed E-state index contributed by atoms with van der Waals surface area (Å²) in [6.07, 6.45) is -2.51. The van der Waals surface area contributed by atoms with Gasteiger partial charge < -0.3 is 120 Å². The predicted molar refractivity (Wildman–Crippen MR) is 371 cm³/mol. The molecule has 4 aliphatic rings. The van der Waals surface area contributed by atoms with Gasteiger partial charge in [0, 0.05) is 39.0 Å². The maximum Gasteiger partial charge on any atom is 0.326 e. The van der Waals surface area contributed by atoms with Crippen molar-refractivity contribution in [3.8, 4) is 11.5 Å². The number of carboxylic acids is 1. The number of primary amides is 1. The molecule has 0 aliphatic carbocycles. The summed E-state index contributed by atoms with van der Waals surface area (Å²) < 4.78 is 0. The number of aliphatic hydroxyl groups is 5. The molecule has 586 valence electrons. The maximum absolute atomic E-state index is 14.8. The Morgan fingerprint density at radius 3 is 1.24 bits per heavy atom. The lowest BCUT2D eigenvalue weighted by atomic mass is 10.0. The molecule has 13 amide bonds. The number of aromatic hydroxyl groups is 2. The Hall–Kier alpha value is -9.74. The minimum absolute atomic E-state index is 0.00567. The minimum atomic E-state index is -1.84. The molecule has 0 spiro atoms. The normalized spacial score (nSPS) is 20.3. The number of hydrogen-bond donors (Lipinski definition) is 20. The van der Waals surface area contributed by atoms with E-state index in [0.29, 0.717) is 17.5 Å². The van der Waals surface area contributed by atoms with E-state index < -0.39 is 213 Å². The van der Waals surface area contributed by atoms with Gasteiger partial charge in [0.05, 0.1) is 38.6 Å². The number of nitrogens with one attached hydrogen (secondary N) is 9. The van der Waals surface area contributed by atoms with Gasteiger partial charge in [-0.2, -0.15) is 0 Å². The molecule has 4 fully saturated rings. The van der Waals surface area contributed by atoms with Crippen LogP contribution in [0.3, 0.4) is 0 Å². The van der Waals surface area contributed by atoms with E-state index in [1.165, 1.54) is 36.4 Å². The first-order valence-electron chi connectivity index (χ1n) is 35.1. The van der Waals surface area contributed by atoms with Crippen LogP contribution in [0.5, 0.6) is 11.5 Å². The van der Waals surface area contributed by atoms with E-state index in [4.69, 9.17) is 17.2 Å². The van der Waals surface area contributed by atoms with Gasteiger partial charge in [-0.1, -0.05) is 24.3 Å². The molecule has 4 heterocycles. The molecule has 4 saturated heterocycles. The molecule has 1 unspecified atom stereocenters. The zero-order valence-corrected chi connectivity index (χ0v) is 59.3. The monoisotopic (exact) mass is 1500 g/mol. The summed E-state index contributed by atoms with van der Waals surface area (Å²) in [7, 11) is 3.39. The summed E-state index contributed by atoms with van der Waals surface area (Å²) in [6, 6.07) is -8.52. The van der Waals surface area contributed by atoms with Gasteiger partial charge in [0.15, 0.2) is 0 Å². The van der Waals surface area contributed by atoms with Crippen molar-refractivity contribution in [3.63, 3.8) is 0 Å². The summed E-state index contributed by atoms with van der Waals surface area (Å²) in [5.74, 6) is -14.0. The van der Waals surface area contributed by atoms with Gasteiger partial charge in [-0.25, -0.2) is 4.79 Å². The van der Waals surface area contributed by atoms with Crippen LogP contribution < -0.4 is 65.1 Å². The smallest absolute Gasteiger partial charge is 0.326 e. The molecular formula is C67H101N17O22. The molecule has 23 N–H and O–H groups in total. The number of nitrogens with zero attached hydrogens (tertiary/aromatic N) is 5. The highest BCUT2D eigenvalue weighted by Gasteiger charge is 2.45. The van der Waals surface area contributed by atoms with Crippen LogP contribution in [0.4, 0.5) is 0 Å². The SMILES string of the molecule is C[C@@H](O)[C@H](NC(=O)[C@H](Cc1ccc(O)cc1)NC(=O)[C@H](CCCNC(N)N(C)C)NC(=O)[C@@H]1CCCN1C(=O)[C@H](CO)NC(=O)[C@H](CO)NC(=O)[C@@H]1CCCN1C(=O)[C@H](CO)NC(=O)[C@@H](N)Cc1ccc(O)cc1)C(=O)N1CCC[C@H]1C(=O)N[C@@H](CCC(N)=O)C(=O)N[C@@H](CO)C(=O)N1CCC[C@H]1C(=O)O. The van der Waals surface area contributed by atoms with Crippen molar-refractivity contribution in [2.24, 2.45) is 17.2 Å². The highest BCUT2D eigenvalue weighted by atomic mass is 16.4. The lowest BCUT2D eigenvalue weighted by molar-refractivity contribution is -0.150. The predicted octanol–water partition coefficient (Wildman–Crippen LogP) is -9.07. The molecule has 4 aliphatic heterocycles. The number of carbonyl (C=O) groups is 14. The van der Waals surface area contributed by atoms with Crippen LogP contribution in [-0.4, -0.2) is 312 Å². The third kappa shape index (κ3) is 23.6. The van der Waals surface area contributed by atoms with Gasteiger partial charge in [0.2, 0.25) is 76.8 Å². The molecular weight excluding hydrogens is 1390 g/mol. The van der Waals surface area contributed by atoms with E-state index in [0.717, 1.165) is 26.5 Å². The van der Waals surface area contributed by atoms with E-state index in [1.54, 1.807) is 31.1 Å². The molecule has 0 radical (unpaired) electrons. The molecule has 39 nitrogen and oxygen atoms in total. The molecule has 106 heavy (non-hydrogen) atoms. The van der Waals surface area contributed by atoms with E-state index in [1.807, 2.05) is 0 Å². The molecule has 0 bridgehead atoms. The quantitative estimate of drug-likeness (QED) is 0.0218. The third-order valence-electron chi connectivity index (χ3n) is 18.9. The lowest BCUT2D eigenvalue weighted by Gasteiger charge is -2.32. The van der Waals surface area contributed by atoms with Crippen molar-refractivity contribution >= 4 is 82.8 Å². The Morgan fingerprint density at radius 2 is 0.830 bits per heavy atom. The fourth-order valence-electron chi connectivity index (χ4n) is 12.9. The van der Waals surface area contributed by atoms with Crippen molar-refractivity contribution in [1.29, 1.82) is 0 Å². The van der Waals surface area contributed by atoms with Gasteiger partial charge in [0.25, 0.3) is 0 Å². The Kier molecular flexibility index (Phi) is 32.7. The summed E-state index contributed by atoms with van der Waals surface area (Å²) in [5.41, 5.74) is 18.6. The Bertz CT molecular complexity index is 3430. The number of benzene rings is 2. The van der Waals surface area contributed by atoms with Gasteiger partial charge in [-0.3, -0.25) is 72.5 Å². The van der Waals surface area contributed by atoms with E-state index in [9.17, 15) is 108 Å². The molecule has 0 saturated carbocycles. The summed E-state index contributed by atoms with van der Waals surface area (Å²) in [4.78, 5) is 198. The zero-order valence-electron chi connectivity index (χ0n) is 59.3. The number of rotatable bonds is 39. The number of aliphatic hydroxyl groups excluding tert-OH is 5. The second-order valence-electron chi connectivity index (χ2n) is 26.8. The largest absolute Gasteiger partial charge is 0.508 e. The van der Waals surface area contributed by atoms with E-state index >= 15 is 0 Å². The molecule has 0 aromatic heterocycles. The van der Waals surface area contributed by atoms with Crippen LogP contribution in [0, 0.1) is 0 Å². The van der Waals surface area contributed by atoms with Crippen molar-refractivity contribution in [2.75, 3.05) is 73.2 Å². The van der Waals surface area contributed by atoms with Gasteiger partial charge in [0.1, 0.15) is 90.3 Å². The van der Waals surface area contributed by atoms with Crippen molar-refractivity contribution in [1.82, 2.24) is 72.4 Å². The highest BCUT2D eigenvalue weighted by molar-refractivity contribution is 6.00. The van der Waals surface area contributed by atoms with Crippen LogP contribution >= 0.6 is 0 Å². The number of likely N-dealkylation sites (tertiary alicyclic amines) is 4. The van der Waals surface area contributed by atoms with Crippen LogP contribution in [-0.2, 0) is 80.0 Å². The van der Waals surface area contributed by atoms with E-state index in [2.05, 4.69) is 47.9 Å². The van der Waals surface area contributed by atoms with Crippen LogP contribution in [0.1, 0.15) is 95.1 Å². The fraction of sp³-hybridized carbons (Fsp3) is 0.612. The second kappa shape index (κ2) is 40.7. The van der Waals surface area contributed by atoms with E-state index in [-0.39, 0.29) is 115 Å². The first kappa shape index (κ1) is 85.2. The number of amides is 13. The molecule has 15 atom stereocenters. The Morgan fingerprint density at radius 1 is 0.472 bits per heavy atom. The average molecular weight is 1500 g/mol. The van der Waals surface area contributed by atoms with Crippen molar-refractivity contribution in [3.05, 3.63) is 59.7 Å². The average Bonchev–Trinajstić information content (AvgIpc) is 1.61. The van der Waals surface area contributed by atoms with Crippen LogP contribution in [0.25, 0.3) is 0 Å². The summed E-state index contributed by atoms with van der Waals surface area (Å²) >= 11 is 0. The number of hydrogen-bond acceptors (Lipinski definition) is 25. The standard InChI is InChI=1S/C67H101N17O22/c1-35(89)53(65(104)83-27-7-12-50(83)60(99)73-42(22-23-52(69)92)56(95)77-47(34-88)64(103)84-28-8-13-51(84)66(105)106)79-57(96)43(30-37-16-20-39(91)21-17-37)74-55(94)41(9-4-24-71-67(70)80(2)3)72-59(98)48-10-5-25-81(48)63(102)46(33-87)78-58(97)44(31-85)75-61(100)49-11-6-26-82(49)62(101)45(32-86)76-54(93)40(68)29-36-14-18-38(90)19-15-36/h14-21,35,40-51,53,67,71,85-91H,4-13,22-34,68,70H2,1-3H3,(H2,69,92)(H,72,98)(H,73,99)(H,74,94)(H,75,100)(H,76,93)(H,77,95)(H,78,97)(H,79,96)(H,105,106)/t35-,40+,41+,42+,43+,44+,45+,46+,47+,48+,49+,50+,51+,53+,67?/m1/s1. The lowest BCUT2D eigenvalue weighted by Crippen LogP contribution is -2.62. The number of phenols is 2. The van der Waals surface area contributed by atoms with Gasteiger partial charge >= 0.3 is 5.97 Å². The zero-order chi connectivity index (χ0) is 78.2. The van der Waals surface area contributed by atoms with Crippen molar-refractivity contribution in [2.45, 2.75) is 188 Å². The van der Waals surface area contributed by atoms with Gasteiger partial charge in [-0.15, -0.1) is 0 Å². The summed E-state index contributed by atoms with van der Waals surface area (Å²) in [5, 5.41) is 105. The van der Waals surface area contributed by atoms with Crippen molar-refractivity contribution < 1.29 is 108 Å². The maximum atomic E-state index is 14.8. The molecule has 2 aromatic rings.